The summed E-state index contributed by atoms with van der Waals surface area (Å²) in [6.45, 7) is 12.7. The lowest BCUT2D eigenvalue weighted by Crippen LogP contribution is -2.45. The number of carbonyl (C=O) groups is 1. The van der Waals surface area contributed by atoms with Crippen molar-refractivity contribution in [2.75, 3.05) is 6.61 Å². The molecule has 0 N–H and O–H groups in total. The van der Waals surface area contributed by atoms with Crippen LogP contribution in [0.4, 0.5) is 0 Å². The van der Waals surface area contributed by atoms with Crippen molar-refractivity contribution in [2.45, 2.75) is 116 Å². The van der Waals surface area contributed by atoms with Gasteiger partial charge >= 0.3 is 11.9 Å². The molecule has 0 atom stereocenters. The zero-order valence-corrected chi connectivity index (χ0v) is 20.3. The molecule has 0 saturated carbocycles. The summed E-state index contributed by atoms with van der Waals surface area (Å²) < 4.78 is 14.9. The second-order valence-electron chi connectivity index (χ2n) is 7.91. The second-order valence-corrected chi connectivity index (χ2v) is 7.91. The second kappa shape index (κ2) is 22.3. The van der Waals surface area contributed by atoms with E-state index in [4.69, 9.17) is 24.0 Å². The Bertz CT molecular complexity index is 450. The third-order valence-corrected chi connectivity index (χ3v) is 5.18. The van der Waals surface area contributed by atoms with Gasteiger partial charge in [0.2, 0.25) is 0 Å². The van der Waals surface area contributed by atoms with E-state index in [0.717, 1.165) is 38.0 Å². The van der Waals surface area contributed by atoms with Gasteiger partial charge in [-0.3, -0.25) is 4.89 Å². The molecule has 6 nitrogen and oxygen atoms in total. The Labute approximate surface area is 195 Å². The highest BCUT2D eigenvalue weighted by molar-refractivity contribution is 5.76. The fourth-order valence-electron chi connectivity index (χ4n) is 3.41. The summed E-state index contributed by atoms with van der Waals surface area (Å²) >= 11 is 0. The molecule has 0 heterocycles. The number of carbonyl (C=O) groups excluding carboxylic acids is 1. The van der Waals surface area contributed by atoms with Crippen LogP contribution in [-0.4, -0.2) is 18.5 Å². The minimum Gasteiger partial charge on any atom is -0.420 e. The van der Waals surface area contributed by atoms with Crippen molar-refractivity contribution >= 4 is 5.97 Å². The van der Waals surface area contributed by atoms with Crippen molar-refractivity contribution in [3.8, 4) is 0 Å². The number of unbranched alkanes of at least 4 members (excludes halogenated alkanes) is 15. The van der Waals surface area contributed by atoms with Crippen molar-refractivity contribution in [3.63, 3.8) is 0 Å². The first-order valence-corrected chi connectivity index (χ1v) is 12.4. The van der Waals surface area contributed by atoms with Gasteiger partial charge in [-0.05, 0) is 6.42 Å². The van der Waals surface area contributed by atoms with Crippen molar-refractivity contribution in [1.29, 1.82) is 0 Å². The molecule has 0 aromatic rings. The van der Waals surface area contributed by atoms with Gasteiger partial charge in [0.1, 0.15) is 0 Å². The van der Waals surface area contributed by atoms with Crippen molar-refractivity contribution in [3.05, 3.63) is 38.5 Å². The summed E-state index contributed by atoms with van der Waals surface area (Å²) in [6, 6.07) is 0. The van der Waals surface area contributed by atoms with Gasteiger partial charge in [0.25, 0.3) is 0 Å². The van der Waals surface area contributed by atoms with E-state index in [1.807, 2.05) is 0 Å². The maximum Gasteiger partial charge on any atom is 0.525 e. The molecule has 0 aliphatic heterocycles. The average molecular weight is 455 g/mol. The van der Waals surface area contributed by atoms with Crippen molar-refractivity contribution < 1.29 is 28.8 Å². The molecule has 186 valence electrons. The van der Waals surface area contributed by atoms with Crippen LogP contribution in [0.15, 0.2) is 38.5 Å². The Morgan fingerprint density at radius 3 is 1.31 bits per heavy atom. The van der Waals surface area contributed by atoms with E-state index in [0.29, 0.717) is 0 Å². The fraction of sp³-hybridized carbons (Fsp3) is 0.731. The smallest absolute Gasteiger partial charge is 0.420 e. The molecule has 0 saturated heterocycles. The highest BCUT2D eigenvalue weighted by atomic mass is 17.2. The van der Waals surface area contributed by atoms with Gasteiger partial charge in [0.15, 0.2) is 0 Å². The van der Waals surface area contributed by atoms with Gasteiger partial charge < -0.3 is 14.2 Å². The summed E-state index contributed by atoms with van der Waals surface area (Å²) in [5.41, 5.74) is 0. The Hall–Kier alpha value is -1.95. The number of hydrogen-bond donors (Lipinski definition) is 0. The molecular weight excluding hydrogens is 408 g/mol. The van der Waals surface area contributed by atoms with Crippen LogP contribution in [0, 0.1) is 0 Å². The quantitative estimate of drug-likeness (QED) is 0.0460. The van der Waals surface area contributed by atoms with E-state index in [1.165, 1.54) is 83.5 Å². The Morgan fingerprint density at radius 2 is 0.969 bits per heavy atom. The van der Waals surface area contributed by atoms with Crippen molar-refractivity contribution in [2.24, 2.45) is 0 Å². The molecule has 0 amide bonds. The predicted molar refractivity (Wildman–Crippen MR) is 128 cm³/mol. The molecule has 0 aromatic carbocycles. The standard InChI is InChI=1S/C26H46O6/c1-5-9-10-11-12-13-14-15-16-17-18-19-20-21-22-23-24-31-32-25(27)26(28-6-2,29-7-3)30-8-4/h6-8H,2-5,9-24H2,1H3. The van der Waals surface area contributed by atoms with Crippen LogP contribution >= 0.6 is 0 Å². The summed E-state index contributed by atoms with van der Waals surface area (Å²) in [7, 11) is 0. The highest BCUT2D eigenvalue weighted by Gasteiger charge is 2.48. The van der Waals surface area contributed by atoms with Gasteiger partial charge in [-0.1, -0.05) is 123 Å². The third-order valence-electron chi connectivity index (χ3n) is 5.18. The van der Waals surface area contributed by atoms with E-state index in [-0.39, 0.29) is 6.61 Å². The van der Waals surface area contributed by atoms with Crippen LogP contribution in [0.3, 0.4) is 0 Å². The minimum atomic E-state index is -2.19. The van der Waals surface area contributed by atoms with Crippen LogP contribution in [0.25, 0.3) is 0 Å². The molecule has 0 aromatic heterocycles. The molecule has 0 spiro atoms. The SMILES string of the molecule is C=COC(OC=C)(OC=C)C(=O)OOCCCCCCCCCCCCCCCCCC. The normalized spacial score (nSPS) is 10.9. The topological polar surface area (TPSA) is 63.2 Å². The van der Waals surface area contributed by atoms with E-state index < -0.39 is 11.9 Å². The van der Waals surface area contributed by atoms with Crippen LogP contribution in [0.1, 0.15) is 110 Å². The number of ether oxygens (including phenoxy) is 3. The van der Waals surface area contributed by atoms with Crippen LogP contribution < -0.4 is 0 Å². The summed E-state index contributed by atoms with van der Waals surface area (Å²) in [5, 5.41) is 0. The first kappa shape index (κ1) is 30.0. The molecule has 0 bridgehead atoms. The summed E-state index contributed by atoms with van der Waals surface area (Å²) in [5.74, 6) is -3.21. The zero-order chi connectivity index (χ0) is 23.8. The fourth-order valence-corrected chi connectivity index (χ4v) is 3.41. The van der Waals surface area contributed by atoms with E-state index in [1.54, 1.807) is 0 Å². The van der Waals surface area contributed by atoms with Gasteiger partial charge in [-0.25, -0.2) is 4.79 Å². The van der Waals surface area contributed by atoms with Crippen LogP contribution in [0.5, 0.6) is 0 Å². The predicted octanol–water partition coefficient (Wildman–Crippen LogP) is 7.86. The highest BCUT2D eigenvalue weighted by Crippen LogP contribution is 2.19. The monoisotopic (exact) mass is 454 g/mol. The summed E-state index contributed by atoms with van der Waals surface area (Å²) in [4.78, 5) is 21.8. The van der Waals surface area contributed by atoms with E-state index in [2.05, 4.69) is 26.7 Å². The maximum absolute atomic E-state index is 12.1. The van der Waals surface area contributed by atoms with Gasteiger partial charge in [-0.15, -0.1) is 0 Å². The first-order valence-electron chi connectivity index (χ1n) is 12.4. The molecule has 0 unspecified atom stereocenters. The molecule has 6 heteroatoms. The minimum absolute atomic E-state index is 0.288. The number of rotatable bonds is 25. The van der Waals surface area contributed by atoms with E-state index >= 15 is 0 Å². The Balaban J connectivity index is 3.56. The zero-order valence-electron chi connectivity index (χ0n) is 20.3. The molecule has 32 heavy (non-hydrogen) atoms. The molecule has 0 aliphatic rings. The maximum atomic E-state index is 12.1. The van der Waals surface area contributed by atoms with Gasteiger partial charge in [0.05, 0.1) is 25.4 Å². The lowest BCUT2D eigenvalue weighted by atomic mass is 10.0. The molecular formula is C26H46O6. The number of hydrogen-bond acceptors (Lipinski definition) is 6. The van der Waals surface area contributed by atoms with Crippen LogP contribution in [-0.2, 0) is 28.8 Å². The van der Waals surface area contributed by atoms with Crippen molar-refractivity contribution in [1.82, 2.24) is 0 Å². The lowest BCUT2D eigenvalue weighted by Gasteiger charge is -2.26. The first-order chi connectivity index (χ1) is 15.7. The lowest BCUT2D eigenvalue weighted by molar-refractivity contribution is -0.351. The average Bonchev–Trinajstić information content (AvgIpc) is 2.78. The largest absolute Gasteiger partial charge is 0.525 e. The molecule has 0 fully saturated rings. The molecule has 0 radical (unpaired) electrons. The molecule has 0 rings (SSSR count). The Morgan fingerprint density at radius 1 is 0.625 bits per heavy atom. The Kier molecular flexibility index (Phi) is 20.9. The van der Waals surface area contributed by atoms with Crippen LogP contribution in [0.2, 0.25) is 0 Å². The van der Waals surface area contributed by atoms with Gasteiger partial charge in [0, 0.05) is 0 Å². The third kappa shape index (κ3) is 15.8. The van der Waals surface area contributed by atoms with E-state index in [9.17, 15) is 4.79 Å². The van der Waals surface area contributed by atoms with Gasteiger partial charge in [-0.2, -0.15) is 4.89 Å². The molecule has 0 aliphatic carbocycles. The summed E-state index contributed by atoms with van der Waals surface area (Å²) in [6.07, 6.45) is 23.7.